The summed E-state index contributed by atoms with van der Waals surface area (Å²) in [4.78, 5) is 4.46. The Labute approximate surface area is 150 Å². The van der Waals surface area contributed by atoms with Crippen LogP contribution < -0.4 is 10.1 Å². The Morgan fingerprint density at radius 1 is 1.38 bits per heavy atom. The summed E-state index contributed by atoms with van der Waals surface area (Å²) in [6, 6.07) is 8.27. The minimum absolute atomic E-state index is 0. The molecule has 1 saturated heterocycles. The van der Waals surface area contributed by atoms with Crippen molar-refractivity contribution in [2.24, 2.45) is 11.8 Å². The monoisotopic (exact) mass is 346 g/mol. The summed E-state index contributed by atoms with van der Waals surface area (Å²) in [5.74, 6) is 2.30. The summed E-state index contributed by atoms with van der Waals surface area (Å²) in [5, 5.41) is 4.69. The van der Waals surface area contributed by atoms with Crippen molar-refractivity contribution in [3.05, 3.63) is 48.7 Å². The second kappa shape index (κ2) is 9.05. The predicted molar refractivity (Wildman–Crippen MR) is 103 cm³/mol. The fourth-order valence-corrected chi connectivity index (χ4v) is 3.65. The molecule has 3 rings (SSSR count). The van der Waals surface area contributed by atoms with Gasteiger partial charge >= 0.3 is 0 Å². The molecule has 4 heteroatoms. The third-order valence-electron chi connectivity index (χ3n) is 5.04. The summed E-state index contributed by atoms with van der Waals surface area (Å²) in [7, 11) is 1.71. The van der Waals surface area contributed by atoms with E-state index in [0.29, 0.717) is 5.92 Å². The Morgan fingerprint density at radius 3 is 3.04 bits per heavy atom. The van der Waals surface area contributed by atoms with Gasteiger partial charge in [-0.15, -0.1) is 19.0 Å². The lowest BCUT2D eigenvalue weighted by Crippen LogP contribution is -2.35. The molecule has 0 spiro atoms. The summed E-state index contributed by atoms with van der Waals surface area (Å²) >= 11 is 0. The number of piperidine rings is 1. The highest BCUT2D eigenvalue weighted by molar-refractivity contribution is 5.85. The molecule has 1 fully saturated rings. The highest BCUT2D eigenvalue weighted by Gasteiger charge is 2.21. The third-order valence-corrected chi connectivity index (χ3v) is 5.04. The van der Waals surface area contributed by atoms with Gasteiger partial charge in [0.15, 0.2) is 0 Å². The van der Waals surface area contributed by atoms with Gasteiger partial charge in [-0.05, 0) is 73.9 Å². The van der Waals surface area contributed by atoms with Crippen LogP contribution in [-0.2, 0) is 6.42 Å². The van der Waals surface area contributed by atoms with Crippen molar-refractivity contribution >= 4 is 23.3 Å². The number of nitrogens with zero attached hydrogens (tertiary/aromatic N) is 1. The van der Waals surface area contributed by atoms with Crippen LogP contribution in [0.25, 0.3) is 10.9 Å². The number of pyridine rings is 1. The number of rotatable bonds is 6. The van der Waals surface area contributed by atoms with Crippen LogP contribution in [0.1, 0.15) is 24.8 Å². The van der Waals surface area contributed by atoms with Gasteiger partial charge in [-0.2, -0.15) is 0 Å². The maximum atomic E-state index is 5.36. The Kier molecular flexibility index (Phi) is 7.07. The molecule has 24 heavy (non-hydrogen) atoms. The highest BCUT2D eigenvalue weighted by Crippen LogP contribution is 2.27. The van der Waals surface area contributed by atoms with Crippen LogP contribution in [-0.4, -0.2) is 25.2 Å². The van der Waals surface area contributed by atoms with E-state index in [1.165, 1.54) is 30.2 Å². The SMILES string of the molecule is C=C[C@@H]1CNCC[C@H]1CCCc1ccnc2ccc(OC)cc12.Cl. The van der Waals surface area contributed by atoms with Gasteiger partial charge in [0, 0.05) is 18.1 Å². The average Bonchev–Trinajstić information content (AvgIpc) is 2.62. The number of methoxy groups -OCH3 is 1. The predicted octanol–water partition coefficient (Wildman–Crippen LogP) is 4.40. The summed E-state index contributed by atoms with van der Waals surface area (Å²) in [5.41, 5.74) is 2.42. The summed E-state index contributed by atoms with van der Waals surface area (Å²) in [6.45, 7) is 6.23. The maximum Gasteiger partial charge on any atom is 0.119 e. The van der Waals surface area contributed by atoms with Crippen LogP contribution in [0.4, 0.5) is 0 Å². The van der Waals surface area contributed by atoms with Gasteiger partial charge < -0.3 is 10.1 Å². The number of benzene rings is 1. The van der Waals surface area contributed by atoms with Crippen molar-refractivity contribution in [1.82, 2.24) is 10.3 Å². The Balaban J connectivity index is 0.00000208. The summed E-state index contributed by atoms with van der Waals surface area (Å²) in [6.07, 6.45) is 8.89. The molecule has 3 nitrogen and oxygen atoms in total. The normalized spacial score (nSPS) is 20.4. The van der Waals surface area contributed by atoms with Gasteiger partial charge in [0.25, 0.3) is 0 Å². The van der Waals surface area contributed by atoms with E-state index < -0.39 is 0 Å². The maximum absolute atomic E-state index is 5.36. The molecule has 130 valence electrons. The molecule has 2 aromatic rings. The number of aromatic nitrogens is 1. The second-order valence-electron chi connectivity index (χ2n) is 6.40. The molecule has 0 bridgehead atoms. The zero-order valence-electron chi connectivity index (χ0n) is 14.3. The van der Waals surface area contributed by atoms with Crippen LogP contribution in [0.3, 0.4) is 0 Å². The molecule has 1 aromatic carbocycles. The van der Waals surface area contributed by atoms with Crippen molar-refractivity contribution in [3.8, 4) is 5.75 Å². The van der Waals surface area contributed by atoms with Crippen molar-refractivity contribution < 1.29 is 4.74 Å². The zero-order valence-corrected chi connectivity index (χ0v) is 15.1. The van der Waals surface area contributed by atoms with Crippen LogP contribution in [0.15, 0.2) is 43.1 Å². The first-order valence-electron chi connectivity index (χ1n) is 8.56. The quantitative estimate of drug-likeness (QED) is 0.787. The largest absolute Gasteiger partial charge is 0.497 e. The number of hydrogen-bond acceptors (Lipinski definition) is 3. The van der Waals surface area contributed by atoms with E-state index in [-0.39, 0.29) is 12.4 Å². The van der Waals surface area contributed by atoms with Crippen LogP contribution in [0, 0.1) is 11.8 Å². The third kappa shape index (κ3) is 4.28. The van der Waals surface area contributed by atoms with E-state index in [1.807, 2.05) is 18.3 Å². The van der Waals surface area contributed by atoms with E-state index in [4.69, 9.17) is 4.74 Å². The van der Waals surface area contributed by atoms with Crippen molar-refractivity contribution in [1.29, 1.82) is 0 Å². The van der Waals surface area contributed by atoms with Crippen molar-refractivity contribution in [3.63, 3.8) is 0 Å². The Hall–Kier alpha value is -1.58. The number of halogens is 1. The van der Waals surface area contributed by atoms with Crippen LogP contribution in [0.2, 0.25) is 0 Å². The number of hydrogen-bond donors (Lipinski definition) is 1. The van der Waals surface area contributed by atoms with Crippen molar-refractivity contribution in [2.45, 2.75) is 25.7 Å². The topological polar surface area (TPSA) is 34.2 Å². The smallest absolute Gasteiger partial charge is 0.119 e. The fourth-order valence-electron chi connectivity index (χ4n) is 3.65. The first-order chi connectivity index (χ1) is 11.3. The van der Waals surface area contributed by atoms with E-state index in [2.05, 4.69) is 35.1 Å². The van der Waals surface area contributed by atoms with Gasteiger partial charge in [0.2, 0.25) is 0 Å². The molecule has 0 amide bonds. The molecular formula is C20H27ClN2O. The Morgan fingerprint density at radius 2 is 2.25 bits per heavy atom. The number of aryl methyl sites for hydroxylation is 1. The Bertz CT molecular complexity index is 674. The number of nitrogens with one attached hydrogen (secondary N) is 1. The first kappa shape index (κ1) is 18.8. The first-order valence-corrected chi connectivity index (χ1v) is 8.56. The fraction of sp³-hybridized carbons (Fsp3) is 0.450. The molecule has 0 aliphatic carbocycles. The van der Waals surface area contributed by atoms with E-state index in [9.17, 15) is 0 Å². The van der Waals surface area contributed by atoms with Crippen LogP contribution in [0.5, 0.6) is 5.75 Å². The summed E-state index contributed by atoms with van der Waals surface area (Å²) < 4.78 is 5.36. The van der Waals surface area contributed by atoms with Gasteiger partial charge in [0.1, 0.15) is 5.75 Å². The minimum Gasteiger partial charge on any atom is -0.497 e. The molecule has 1 aliphatic rings. The lowest BCUT2D eigenvalue weighted by molar-refractivity contribution is 0.280. The van der Waals surface area contributed by atoms with E-state index in [0.717, 1.165) is 36.7 Å². The standard InChI is InChI=1S/C20H26N2O.ClH/c1-3-15-14-21-11-9-16(15)5-4-6-17-10-12-22-20-8-7-18(23-2)13-19(17)20;/h3,7-8,10,12-13,15-16,21H,1,4-6,9,11,14H2,2H3;1H/t15-,16-;/m1./s1. The van der Waals surface area contributed by atoms with Gasteiger partial charge in [0.05, 0.1) is 12.6 Å². The molecular weight excluding hydrogens is 320 g/mol. The van der Waals surface area contributed by atoms with E-state index in [1.54, 1.807) is 7.11 Å². The lowest BCUT2D eigenvalue weighted by atomic mass is 9.82. The molecule has 2 heterocycles. The van der Waals surface area contributed by atoms with Gasteiger partial charge in [-0.3, -0.25) is 4.98 Å². The van der Waals surface area contributed by atoms with Gasteiger partial charge in [-0.1, -0.05) is 6.08 Å². The molecule has 1 aliphatic heterocycles. The molecule has 1 N–H and O–H groups in total. The molecule has 0 unspecified atom stereocenters. The number of ether oxygens (including phenoxy) is 1. The van der Waals surface area contributed by atoms with Gasteiger partial charge in [-0.25, -0.2) is 0 Å². The minimum atomic E-state index is 0. The molecule has 1 aromatic heterocycles. The van der Waals surface area contributed by atoms with Crippen LogP contribution >= 0.6 is 12.4 Å². The molecule has 0 saturated carbocycles. The van der Waals surface area contributed by atoms with Crippen molar-refractivity contribution in [2.75, 3.05) is 20.2 Å². The zero-order chi connectivity index (χ0) is 16.1. The average molecular weight is 347 g/mol. The molecule has 2 atom stereocenters. The second-order valence-corrected chi connectivity index (χ2v) is 6.40. The molecule has 0 radical (unpaired) electrons. The number of fused-ring (bicyclic) bond motifs is 1. The lowest BCUT2D eigenvalue weighted by Gasteiger charge is -2.30. The highest BCUT2D eigenvalue weighted by atomic mass is 35.5. The van der Waals surface area contributed by atoms with E-state index >= 15 is 0 Å².